The van der Waals surface area contributed by atoms with E-state index in [4.69, 9.17) is 0 Å². The lowest BCUT2D eigenvalue weighted by atomic mass is 10.1. The third-order valence-corrected chi connectivity index (χ3v) is 4.52. The minimum Gasteiger partial charge on any atom is -0.356 e. The predicted octanol–water partition coefficient (Wildman–Crippen LogP) is 3.06. The molecule has 0 radical (unpaired) electrons. The van der Waals surface area contributed by atoms with E-state index < -0.39 is 0 Å². The van der Waals surface area contributed by atoms with Crippen LogP contribution < -0.4 is 10.6 Å². The molecule has 2 N–H and O–H groups in total. The number of halogens is 1. The molecule has 0 atom stereocenters. The number of unbranched alkanes of at least 4 members (excludes halogenated alkanes) is 2. The molecule has 1 aromatic heterocycles. The SMILES string of the molecule is CN=C(NCCCCCN1CCCCC1)NCCc1ccccn1.I. The Hall–Kier alpha value is -0.890. The van der Waals surface area contributed by atoms with Crippen LogP contribution in [0.3, 0.4) is 0 Å². The molecule has 1 aliphatic rings. The molecule has 1 fully saturated rings. The van der Waals surface area contributed by atoms with Crippen molar-refractivity contribution in [2.75, 3.05) is 39.8 Å². The van der Waals surface area contributed by atoms with Gasteiger partial charge in [0.05, 0.1) is 0 Å². The summed E-state index contributed by atoms with van der Waals surface area (Å²) >= 11 is 0. The average molecular weight is 459 g/mol. The molecule has 0 aliphatic carbocycles. The zero-order chi connectivity index (χ0) is 16.9. The van der Waals surface area contributed by atoms with Crippen LogP contribution in [-0.2, 0) is 6.42 Å². The van der Waals surface area contributed by atoms with Crippen LogP contribution in [0.25, 0.3) is 0 Å². The number of nitrogens with one attached hydrogen (secondary N) is 2. The van der Waals surface area contributed by atoms with Gasteiger partial charge in [0, 0.05) is 38.4 Å². The molecule has 0 aromatic carbocycles. The largest absolute Gasteiger partial charge is 0.356 e. The van der Waals surface area contributed by atoms with E-state index >= 15 is 0 Å². The number of piperidine rings is 1. The Bertz CT molecular complexity index is 460. The Morgan fingerprint density at radius 1 is 1.08 bits per heavy atom. The third-order valence-electron chi connectivity index (χ3n) is 4.52. The lowest BCUT2D eigenvalue weighted by Gasteiger charge is -2.26. The van der Waals surface area contributed by atoms with Gasteiger partial charge in [-0.05, 0) is 57.5 Å². The van der Waals surface area contributed by atoms with E-state index in [1.165, 1.54) is 58.2 Å². The number of pyridine rings is 1. The van der Waals surface area contributed by atoms with E-state index in [1.807, 2.05) is 25.4 Å². The molecule has 5 nitrogen and oxygen atoms in total. The molecular weight excluding hydrogens is 425 g/mol. The van der Waals surface area contributed by atoms with Gasteiger partial charge in [-0.1, -0.05) is 18.9 Å². The summed E-state index contributed by atoms with van der Waals surface area (Å²) in [7, 11) is 1.83. The highest BCUT2D eigenvalue weighted by Crippen LogP contribution is 2.09. The topological polar surface area (TPSA) is 52.6 Å². The summed E-state index contributed by atoms with van der Waals surface area (Å²) in [6.45, 7) is 5.74. The summed E-state index contributed by atoms with van der Waals surface area (Å²) in [5, 5.41) is 6.75. The van der Waals surface area contributed by atoms with Crippen LogP contribution in [0.1, 0.15) is 44.2 Å². The first-order valence-electron chi connectivity index (χ1n) is 9.45. The summed E-state index contributed by atoms with van der Waals surface area (Å²) in [5.41, 5.74) is 1.11. The van der Waals surface area contributed by atoms with Gasteiger partial charge < -0.3 is 15.5 Å². The van der Waals surface area contributed by atoms with Gasteiger partial charge in [0.1, 0.15) is 0 Å². The predicted molar refractivity (Wildman–Crippen MR) is 117 cm³/mol. The van der Waals surface area contributed by atoms with Crippen molar-refractivity contribution in [1.29, 1.82) is 0 Å². The minimum atomic E-state index is 0. The quantitative estimate of drug-likeness (QED) is 0.258. The van der Waals surface area contributed by atoms with Gasteiger partial charge in [0.15, 0.2) is 5.96 Å². The fourth-order valence-corrected chi connectivity index (χ4v) is 3.10. The van der Waals surface area contributed by atoms with Crippen molar-refractivity contribution in [2.45, 2.75) is 44.9 Å². The highest BCUT2D eigenvalue weighted by molar-refractivity contribution is 14.0. The molecule has 0 bridgehead atoms. The normalized spacial score (nSPS) is 15.5. The summed E-state index contributed by atoms with van der Waals surface area (Å²) in [6.07, 6.45) is 10.8. The molecule has 2 heterocycles. The van der Waals surface area contributed by atoms with Crippen LogP contribution in [-0.4, -0.2) is 55.6 Å². The van der Waals surface area contributed by atoms with Crippen LogP contribution in [0.2, 0.25) is 0 Å². The van der Waals surface area contributed by atoms with E-state index in [0.29, 0.717) is 0 Å². The van der Waals surface area contributed by atoms with Crippen LogP contribution in [0.15, 0.2) is 29.4 Å². The van der Waals surface area contributed by atoms with Crippen LogP contribution in [0.4, 0.5) is 0 Å². The molecule has 25 heavy (non-hydrogen) atoms. The smallest absolute Gasteiger partial charge is 0.190 e. The van der Waals surface area contributed by atoms with Crippen LogP contribution in [0, 0.1) is 0 Å². The Morgan fingerprint density at radius 3 is 2.60 bits per heavy atom. The number of hydrogen-bond acceptors (Lipinski definition) is 3. The Balaban J connectivity index is 0.00000312. The summed E-state index contributed by atoms with van der Waals surface area (Å²) in [5.74, 6) is 0.891. The first kappa shape index (κ1) is 22.2. The molecule has 1 aromatic rings. The molecule has 1 saturated heterocycles. The number of rotatable bonds is 9. The van der Waals surface area contributed by atoms with Gasteiger partial charge in [0.25, 0.3) is 0 Å². The number of guanidine groups is 1. The van der Waals surface area contributed by atoms with Gasteiger partial charge in [-0.25, -0.2) is 0 Å². The van der Waals surface area contributed by atoms with Crippen LogP contribution >= 0.6 is 24.0 Å². The monoisotopic (exact) mass is 459 g/mol. The van der Waals surface area contributed by atoms with E-state index in [1.54, 1.807) is 0 Å². The van der Waals surface area contributed by atoms with Gasteiger partial charge in [-0.2, -0.15) is 0 Å². The fraction of sp³-hybridized carbons (Fsp3) is 0.684. The van der Waals surface area contributed by atoms with E-state index in [2.05, 4.69) is 31.6 Å². The van der Waals surface area contributed by atoms with Gasteiger partial charge in [0.2, 0.25) is 0 Å². The average Bonchev–Trinajstić information content (AvgIpc) is 2.64. The second-order valence-corrected chi connectivity index (χ2v) is 6.46. The van der Waals surface area contributed by atoms with Crippen LogP contribution in [0.5, 0.6) is 0 Å². The van der Waals surface area contributed by atoms with Gasteiger partial charge in [-0.15, -0.1) is 24.0 Å². The molecule has 0 unspecified atom stereocenters. The second-order valence-electron chi connectivity index (χ2n) is 6.46. The Labute approximate surface area is 170 Å². The molecule has 2 rings (SSSR count). The first-order chi connectivity index (χ1) is 11.9. The van der Waals surface area contributed by atoms with Gasteiger partial charge >= 0.3 is 0 Å². The molecule has 0 spiro atoms. The summed E-state index contributed by atoms with van der Waals surface area (Å²) in [6, 6.07) is 6.03. The number of likely N-dealkylation sites (tertiary alicyclic amines) is 1. The standard InChI is InChI=1S/C19H33N5.HI/c1-20-19(23-14-11-18-10-4-6-12-21-18)22-13-5-2-7-15-24-16-8-3-9-17-24;/h4,6,10,12H,2-3,5,7-9,11,13-17H2,1H3,(H2,20,22,23);1H. The zero-order valence-electron chi connectivity index (χ0n) is 15.5. The molecule has 0 amide bonds. The van der Waals surface area contributed by atoms with Gasteiger partial charge in [-0.3, -0.25) is 9.98 Å². The van der Waals surface area contributed by atoms with Crippen molar-refractivity contribution < 1.29 is 0 Å². The highest BCUT2D eigenvalue weighted by Gasteiger charge is 2.08. The molecule has 0 saturated carbocycles. The minimum absolute atomic E-state index is 0. The van der Waals surface area contributed by atoms with Crippen molar-refractivity contribution in [3.63, 3.8) is 0 Å². The number of nitrogens with zero attached hydrogens (tertiary/aromatic N) is 3. The zero-order valence-corrected chi connectivity index (χ0v) is 17.9. The number of aliphatic imine (C=N–C) groups is 1. The van der Waals surface area contributed by atoms with Crippen molar-refractivity contribution >= 4 is 29.9 Å². The highest BCUT2D eigenvalue weighted by atomic mass is 127. The maximum absolute atomic E-state index is 4.33. The summed E-state index contributed by atoms with van der Waals surface area (Å²) in [4.78, 5) is 11.2. The van der Waals surface area contributed by atoms with Crippen molar-refractivity contribution in [2.24, 2.45) is 4.99 Å². The molecule has 142 valence electrons. The Morgan fingerprint density at radius 2 is 1.88 bits per heavy atom. The maximum atomic E-state index is 4.33. The van der Waals surface area contributed by atoms with E-state index in [9.17, 15) is 0 Å². The lowest BCUT2D eigenvalue weighted by Crippen LogP contribution is -2.38. The molecular formula is C19H34IN5. The summed E-state index contributed by atoms with van der Waals surface area (Å²) < 4.78 is 0. The van der Waals surface area contributed by atoms with Crippen molar-refractivity contribution in [3.05, 3.63) is 30.1 Å². The van der Waals surface area contributed by atoms with E-state index in [-0.39, 0.29) is 24.0 Å². The maximum Gasteiger partial charge on any atom is 0.190 e. The first-order valence-corrected chi connectivity index (χ1v) is 9.45. The van der Waals surface area contributed by atoms with Crippen molar-refractivity contribution in [3.8, 4) is 0 Å². The van der Waals surface area contributed by atoms with E-state index in [0.717, 1.165) is 31.2 Å². The molecule has 6 heteroatoms. The molecule has 1 aliphatic heterocycles. The number of aromatic nitrogens is 1. The fourth-order valence-electron chi connectivity index (χ4n) is 3.10. The third kappa shape index (κ3) is 9.99. The second kappa shape index (κ2) is 14.3. The van der Waals surface area contributed by atoms with Crippen molar-refractivity contribution in [1.82, 2.24) is 20.5 Å². The Kier molecular flexibility index (Phi) is 12.7. The lowest BCUT2D eigenvalue weighted by molar-refractivity contribution is 0.224. The number of hydrogen-bond donors (Lipinski definition) is 2.